The van der Waals surface area contributed by atoms with Gasteiger partial charge in [0.05, 0.1) is 6.04 Å². The van der Waals surface area contributed by atoms with E-state index in [1.165, 1.54) is 19.4 Å². The zero-order valence-corrected chi connectivity index (χ0v) is 11.2. The molecule has 17 heavy (non-hydrogen) atoms. The van der Waals surface area contributed by atoms with Gasteiger partial charge in [-0.3, -0.25) is 0 Å². The van der Waals surface area contributed by atoms with Crippen LogP contribution in [-0.4, -0.2) is 45.3 Å². The van der Waals surface area contributed by atoms with Gasteiger partial charge < -0.3 is 14.8 Å². The van der Waals surface area contributed by atoms with E-state index in [9.17, 15) is 0 Å². The highest BCUT2D eigenvalue weighted by Crippen LogP contribution is 2.18. The van der Waals surface area contributed by atoms with E-state index >= 15 is 0 Å². The molecule has 0 radical (unpaired) electrons. The number of rotatable bonds is 3. The first-order chi connectivity index (χ1) is 8.08. The first-order valence-electron chi connectivity index (χ1n) is 6.38. The van der Waals surface area contributed by atoms with E-state index < -0.39 is 0 Å². The molecule has 96 valence electrons. The van der Waals surface area contributed by atoms with Crippen LogP contribution >= 0.6 is 0 Å². The van der Waals surface area contributed by atoms with Crippen LogP contribution in [0.25, 0.3) is 0 Å². The van der Waals surface area contributed by atoms with Crippen LogP contribution in [0.2, 0.25) is 0 Å². The Hall–Kier alpha value is -0.940. The van der Waals surface area contributed by atoms with Gasteiger partial charge in [-0.05, 0) is 40.3 Å². The summed E-state index contributed by atoms with van der Waals surface area (Å²) in [7, 11) is 4.19. The quantitative estimate of drug-likeness (QED) is 0.850. The van der Waals surface area contributed by atoms with E-state index in [4.69, 9.17) is 0 Å². The summed E-state index contributed by atoms with van der Waals surface area (Å²) in [6.07, 6.45) is 4.17. The minimum Gasteiger partial charge on any atom is -0.319 e. The van der Waals surface area contributed by atoms with Crippen LogP contribution < -0.4 is 5.32 Å². The molecule has 2 heterocycles. The van der Waals surface area contributed by atoms with Crippen LogP contribution in [0.4, 0.5) is 0 Å². The zero-order valence-electron chi connectivity index (χ0n) is 11.2. The Morgan fingerprint density at radius 3 is 2.82 bits per heavy atom. The van der Waals surface area contributed by atoms with Gasteiger partial charge in [-0.25, -0.2) is 0 Å². The molecule has 1 aromatic heterocycles. The van der Waals surface area contributed by atoms with Crippen molar-refractivity contribution >= 4 is 0 Å². The van der Waals surface area contributed by atoms with Gasteiger partial charge in [0.1, 0.15) is 12.2 Å². The van der Waals surface area contributed by atoms with Crippen LogP contribution in [0.15, 0.2) is 6.33 Å². The second-order valence-electron chi connectivity index (χ2n) is 5.24. The number of aryl methyl sites for hydroxylation is 1. The lowest BCUT2D eigenvalue weighted by Crippen LogP contribution is -2.46. The molecular weight excluding hydrogens is 214 g/mol. The molecule has 1 N–H and O–H groups in total. The predicted octanol–water partition coefficient (Wildman–Crippen LogP) is 0.948. The largest absolute Gasteiger partial charge is 0.319 e. The summed E-state index contributed by atoms with van der Waals surface area (Å²) in [4.78, 5) is 2.42. The highest BCUT2D eigenvalue weighted by Gasteiger charge is 2.24. The lowest BCUT2D eigenvalue weighted by molar-refractivity contribution is 0.162. The topological polar surface area (TPSA) is 46.0 Å². The van der Waals surface area contributed by atoms with Crippen LogP contribution in [0.1, 0.15) is 38.6 Å². The number of hydrogen-bond acceptors (Lipinski definition) is 4. The van der Waals surface area contributed by atoms with Crippen molar-refractivity contribution in [3.05, 3.63) is 12.2 Å². The van der Waals surface area contributed by atoms with E-state index in [0.29, 0.717) is 12.1 Å². The van der Waals surface area contributed by atoms with E-state index in [1.54, 1.807) is 6.33 Å². The monoisotopic (exact) mass is 237 g/mol. The molecule has 0 saturated carbocycles. The molecule has 3 unspecified atom stereocenters. The SMILES string of the molecule is CC(NC1CCN(C)C(C)C1)c1nncn1C. The number of nitrogens with zero attached hydrogens (tertiary/aromatic N) is 4. The van der Waals surface area contributed by atoms with Crippen molar-refractivity contribution in [2.24, 2.45) is 7.05 Å². The lowest BCUT2D eigenvalue weighted by atomic mass is 9.98. The summed E-state index contributed by atoms with van der Waals surface area (Å²) in [5.74, 6) is 1.01. The molecule has 0 aromatic carbocycles. The third-order valence-electron chi connectivity index (χ3n) is 3.83. The van der Waals surface area contributed by atoms with E-state index in [0.717, 1.165) is 5.82 Å². The van der Waals surface area contributed by atoms with Crippen molar-refractivity contribution in [1.82, 2.24) is 25.0 Å². The van der Waals surface area contributed by atoms with Gasteiger partial charge in [-0.1, -0.05) is 0 Å². The maximum Gasteiger partial charge on any atom is 0.149 e. The number of nitrogens with one attached hydrogen (secondary N) is 1. The van der Waals surface area contributed by atoms with Crippen molar-refractivity contribution in [2.45, 2.75) is 44.8 Å². The molecule has 0 bridgehead atoms. The molecule has 1 fully saturated rings. The van der Waals surface area contributed by atoms with Gasteiger partial charge in [0.15, 0.2) is 0 Å². The minimum absolute atomic E-state index is 0.267. The number of hydrogen-bond donors (Lipinski definition) is 1. The average molecular weight is 237 g/mol. The normalized spacial score (nSPS) is 28.2. The van der Waals surface area contributed by atoms with Crippen LogP contribution in [0.5, 0.6) is 0 Å². The third-order valence-corrected chi connectivity index (χ3v) is 3.83. The van der Waals surface area contributed by atoms with Crippen molar-refractivity contribution in [2.75, 3.05) is 13.6 Å². The highest BCUT2D eigenvalue weighted by atomic mass is 15.3. The van der Waals surface area contributed by atoms with Gasteiger partial charge in [0, 0.05) is 19.1 Å². The first-order valence-corrected chi connectivity index (χ1v) is 6.38. The molecule has 0 spiro atoms. The molecule has 1 aliphatic rings. The van der Waals surface area contributed by atoms with E-state index in [2.05, 4.69) is 41.3 Å². The summed E-state index contributed by atoms with van der Waals surface area (Å²) >= 11 is 0. The average Bonchev–Trinajstić information content (AvgIpc) is 2.70. The first kappa shape index (κ1) is 12.5. The summed E-state index contributed by atoms with van der Waals surface area (Å²) in [5.41, 5.74) is 0. The Bertz CT molecular complexity index is 362. The molecule has 0 aliphatic carbocycles. The van der Waals surface area contributed by atoms with E-state index in [-0.39, 0.29) is 6.04 Å². The molecule has 1 saturated heterocycles. The van der Waals surface area contributed by atoms with Gasteiger partial charge in [-0.2, -0.15) is 0 Å². The highest BCUT2D eigenvalue weighted by molar-refractivity contribution is 4.94. The number of likely N-dealkylation sites (tertiary alicyclic amines) is 1. The van der Waals surface area contributed by atoms with Gasteiger partial charge in [0.25, 0.3) is 0 Å². The number of piperidine rings is 1. The predicted molar refractivity (Wildman–Crippen MR) is 67.7 cm³/mol. The molecule has 0 amide bonds. The van der Waals surface area contributed by atoms with Gasteiger partial charge in [-0.15, -0.1) is 10.2 Å². The molecule has 5 nitrogen and oxygen atoms in total. The maximum atomic E-state index is 4.16. The fourth-order valence-electron chi connectivity index (χ4n) is 2.55. The second-order valence-corrected chi connectivity index (χ2v) is 5.24. The summed E-state index contributed by atoms with van der Waals surface area (Å²) in [5, 5.41) is 11.7. The maximum absolute atomic E-state index is 4.16. The summed E-state index contributed by atoms with van der Waals surface area (Å²) in [6, 6.07) is 1.52. The van der Waals surface area contributed by atoms with Crippen LogP contribution in [0, 0.1) is 0 Å². The fraction of sp³-hybridized carbons (Fsp3) is 0.833. The zero-order chi connectivity index (χ0) is 12.4. The second kappa shape index (κ2) is 5.14. The van der Waals surface area contributed by atoms with E-state index in [1.807, 2.05) is 11.6 Å². The van der Waals surface area contributed by atoms with Gasteiger partial charge in [0.2, 0.25) is 0 Å². The fourth-order valence-corrected chi connectivity index (χ4v) is 2.55. The van der Waals surface area contributed by atoms with Crippen molar-refractivity contribution in [1.29, 1.82) is 0 Å². The van der Waals surface area contributed by atoms with Crippen molar-refractivity contribution in [3.8, 4) is 0 Å². The Morgan fingerprint density at radius 1 is 1.47 bits per heavy atom. The van der Waals surface area contributed by atoms with Crippen molar-refractivity contribution < 1.29 is 0 Å². The standard InChI is InChI=1S/C12H23N5/c1-9-7-11(5-6-16(9)3)14-10(2)12-15-13-8-17(12)4/h8-11,14H,5-7H2,1-4H3. The molecule has 2 rings (SSSR count). The lowest BCUT2D eigenvalue weighted by Gasteiger charge is -2.36. The summed E-state index contributed by atoms with van der Waals surface area (Å²) < 4.78 is 1.98. The molecule has 5 heteroatoms. The smallest absolute Gasteiger partial charge is 0.149 e. The Balaban J connectivity index is 1.91. The van der Waals surface area contributed by atoms with Crippen molar-refractivity contribution in [3.63, 3.8) is 0 Å². The molecular formula is C12H23N5. The molecule has 3 atom stereocenters. The van der Waals surface area contributed by atoms with Crippen LogP contribution in [-0.2, 0) is 7.05 Å². The Kier molecular flexibility index (Phi) is 3.79. The number of aromatic nitrogens is 3. The molecule has 1 aromatic rings. The Labute approximate surface area is 103 Å². The van der Waals surface area contributed by atoms with Crippen LogP contribution in [0.3, 0.4) is 0 Å². The van der Waals surface area contributed by atoms with Gasteiger partial charge >= 0.3 is 0 Å². The summed E-state index contributed by atoms with van der Waals surface area (Å²) in [6.45, 7) is 5.62. The Morgan fingerprint density at radius 2 is 2.24 bits per heavy atom. The third kappa shape index (κ3) is 2.84. The molecule has 1 aliphatic heterocycles. The minimum atomic E-state index is 0.267.